The SMILES string of the molecule is CNc1cc(-c2ccc(C(=O)NCC3CCCCC3)cc2)nc(N)n1. The van der Waals surface area contributed by atoms with Crippen LogP contribution in [-0.2, 0) is 0 Å². The Hall–Kier alpha value is -2.63. The highest BCUT2D eigenvalue weighted by Crippen LogP contribution is 2.23. The van der Waals surface area contributed by atoms with E-state index in [-0.39, 0.29) is 11.9 Å². The van der Waals surface area contributed by atoms with Crippen LogP contribution in [0.2, 0.25) is 0 Å². The molecule has 1 aromatic heterocycles. The number of nitrogens with one attached hydrogen (secondary N) is 2. The molecule has 6 nitrogen and oxygen atoms in total. The molecule has 132 valence electrons. The third-order valence-corrected chi connectivity index (χ3v) is 4.72. The van der Waals surface area contributed by atoms with Crippen molar-refractivity contribution in [1.82, 2.24) is 15.3 Å². The molecule has 1 saturated carbocycles. The molecule has 1 aliphatic carbocycles. The van der Waals surface area contributed by atoms with Crippen LogP contribution in [0.15, 0.2) is 30.3 Å². The lowest BCUT2D eigenvalue weighted by molar-refractivity contribution is 0.0943. The Morgan fingerprint density at radius 2 is 1.88 bits per heavy atom. The summed E-state index contributed by atoms with van der Waals surface area (Å²) in [7, 11) is 1.78. The minimum atomic E-state index is -0.0183. The molecule has 0 saturated heterocycles. The van der Waals surface area contributed by atoms with Gasteiger partial charge in [-0.15, -0.1) is 0 Å². The van der Waals surface area contributed by atoms with Gasteiger partial charge in [-0.1, -0.05) is 31.4 Å². The Bertz CT molecular complexity index is 723. The molecule has 0 spiro atoms. The van der Waals surface area contributed by atoms with Crippen LogP contribution in [0.4, 0.5) is 11.8 Å². The van der Waals surface area contributed by atoms with E-state index in [4.69, 9.17) is 5.73 Å². The number of anilines is 2. The molecule has 1 amide bonds. The van der Waals surface area contributed by atoms with Crippen molar-refractivity contribution < 1.29 is 4.79 Å². The summed E-state index contributed by atoms with van der Waals surface area (Å²) in [6.07, 6.45) is 6.34. The maximum absolute atomic E-state index is 12.3. The Kier molecular flexibility index (Phi) is 5.48. The Morgan fingerprint density at radius 1 is 1.16 bits per heavy atom. The maximum Gasteiger partial charge on any atom is 0.251 e. The van der Waals surface area contributed by atoms with Crippen molar-refractivity contribution in [3.63, 3.8) is 0 Å². The number of nitrogen functional groups attached to an aromatic ring is 1. The van der Waals surface area contributed by atoms with Crippen molar-refractivity contribution in [2.75, 3.05) is 24.6 Å². The number of carbonyl (C=O) groups excluding carboxylic acids is 1. The summed E-state index contributed by atoms with van der Waals surface area (Å²) in [5.41, 5.74) is 8.02. The summed E-state index contributed by atoms with van der Waals surface area (Å²) in [6.45, 7) is 0.772. The van der Waals surface area contributed by atoms with Gasteiger partial charge in [0, 0.05) is 30.8 Å². The number of carbonyl (C=O) groups is 1. The molecule has 1 heterocycles. The molecular weight excluding hydrogens is 314 g/mol. The molecule has 2 aromatic rings. The van der Waals surface area contributed by atoms with Crippen molar-refractivity contribution in [2.24, 2.45) is 5.92 Å². The molecular formula is C19H25N5O. The predicted octanol–water partition coefficient (Wildman–Crippen LogP) is 3.08. The van der Waals surface area contributed by atoms with Gasteiger partial charge in [-0.3, -0.25) is 4.79 Å². The topological polar surface area (TPSA) is 92.9 Å². The quantitative estimate of drug-likeness (QED) is 0.778. The van der Waals surface area contributed by atoms with Crippen LogP contribution in [0.25, 0.3) is 11.3 Å². The minimum Gasteiger partial charge on any atom is -0.373 e. The van der Waals surface area contributed by atoms with Gasteiger partial charge in [-0.25, -0.2) is 4.98 Å². The first-order valence-electron chi connectivity index (χ1n) is 8.86. The van der Waals surface area contributed by atoms with Crippen LogP contribution >= 0.6 is 0 Å². The second-order valence-corrected chi connectivity index (χ2v) is 6.54. The fraction of sp³-hybridized carbons (Fsp3) is 0.421. The first-order valence-corrected chi connectivity index (χ1v) is 8.86. The number of rotatable bonds is 5. The van der Waals surface area contributed by atoms with E-state index in [0.717, 1.165) is 17.8 Å². The molecule has 0 unspecified atom stereocenters. The normalized spacial score (nSPS) is 14.9. The van der Waals surface area contributed by atoms with Gasteiger partial charge < -0.3 is 16.4 Å². The first-order chi connectivity index (χ1) is 12.2. The van der Waals surface area contributed by atoms with Crippen LogP contribution in [0, 0.1) is 5.92 Å². The maximum atomic E-state index is 12.3. The second-order valence-electron chi connectivity index (χ2n) is 6.54. The lowest BCUT2D eigenvalue weighted by atomic mass is 9.89. The van der Waals surface area contributed by atoms with E-state index in [1.54, 1.807) is 7.05 Å². The van der Waals surface area contributed by atoms with E-state index < -0.39 is 0 Å². The standard InChI is InChI=1S/C19H25N5O/c1-21-17-11-16(23-19(20)24-17)14-7-9-15(10-8-14)18(25)22-12-13-5-3-2-4-6-13/h7-11,13H,2-6,12H2,1H3,(H,22,25)(H3,20,21,23,24). The number of amides is 1. The third kappa shape index (κ3) is 4.47. The van der Waals surface area contributed by atoms with Crippen molar-refractivity contribution in [3.8, 4) is 11.3 Å². The summed E-state index contributed by atoms with van der Waals surface area (Å²) in [5, 5.41) is 6.02. The Balaban J connectivity index is 1.65. The van der Waals surface area contributed by atoms with Crippen LogP contribution in [-0.4, -0.2) is 29.5 Å². The molecule has 0 radical (unpaired) electrons. The van der Waals surface area contributed by atoms with Gasteiger partial charge in [0.25, 0.3) is 5.91 Å². The summed E-state index contributed by atoms with van der Waals surface area (Å²) >= 11 is 0. The molecule has 4 N–H and O–H groups in total. The number of hydrogen-bond acceptors (Lipinski definition) is 5. The van der Waals surface area contributed by atoms with Gasteiger partial charge >= 0.3 is 0 Å². The zero-order valence-electron chi connectivity index (χ0n) is 14.6. The van der Waals surface area contributed by atoms with Crippen LogP contribution in [0.1, 0.15) is 42.5 Å². The number of aromatic nitrogens is 2. The molecule has 1 aromatic carbocycles. The molecule has 1 aliphatic rings. The number of nitrogens with two attached hydrogens (primary N) is 1. The highest BCUT2D eigenvalue weighted by Gasteiger charge is 2.15. The number of benzene rings is 1. The predicted molar refractivity (Wildman–Crippen MR) is 100 cm³/mol. The molecule has 6 heteroatoms. The Morgan fingerprint density at radius 3 is 2.56 bits per heavy atom. The van der Waals surface area contributed by atoms with Crippen LogP contribution < -0.4 is 16.4 Å². The highest BCUT2D eigenvalue weighted by atomic mass is 16.1. The van der Waals surface area contributed by atoms with Crippen LogP contribution in [0.5, 0.6) is 0 Å². The fourth-order valence-electron chi connectivity index (χ4n) is 3.26. The lowest BCUT2D eigenvalue weighted by Gasteiger charge is -2.21. The van der Waals surface area contributed by atoms with Crippen molar-refractivity contribution in [2.45, 2.75) is 32.1 Å². The van der Waals surface area contributed by atoms with Crippen LogP contribution in [0.3, 0.4) is 0 Å². The van der Waals surface area contributed by atoms with Gasteiger partial charge in [0.2, 0.25) is 5.95 Å². The lowest BCUT2D eigenvalue weighted by Crippen LogP contribution is -2.30. The smallest absolute Gasteiger partial charge is 0.251 e. The summed E-state index contributed by atoms with van der Waals surface area (Å²) in [6, 6.07) is 9.24. The van der Waals surface area contributed by atoms with Gasteiger partial charge in [0.05, 0.1) is 5.69 Å². The molecule has 0 bridgehead atoms. The van der Waals surface area contributed by atoms with Crippen molar-refractivity contribution in [1.29, 1.82) is 0 Å². The van der Waals surface area contributed by atoms with Crippen molar-refractivity contribution in [3.05, 3.63) is 35.9 Å². The molecule has 25 heavy (non-hydrogen) atoms. The minimum absolute atomic E-state index is 0.0183. The molecule has 3 rings (SSSR count). The molecule has 0 aliphatic heterocycles. The summed E-state index contributed by atoms with van der Waals surface area (Å²) in [4.78, 5) is 20.7. The largest absolute Gasteiger partial charge is 0.373 e. The number of nitrogens with zero attached hydrogens (tertiary/aromatic N) is 2. The van der Waals surface area contributed by atoms with Gasteiger partial charge in [-0.05, 0) is 30.9 Å². The van der Waals surface area contributed by atoms with Crippen molar-refractivity contribution >= 4 is 17.7 Å². The first kappa shape index (κ1) is 17.2. The van der Waals surface area contributed by atoms with E-state index in [1.807, 2.05) is 30.3 Å². The average Bonchev–Trinajstić information content (AvgIpc) is 2.66. The Labute approximate surface area is 148 Å². The molecule has 1 fully saturated rings. The van der Waals surface area contributed by atoms with E-state index in [9.17, 15) is 4.79 Å². The highest BCUT2D eigenvalue weighted by molar-refractivity contribution is 5.94. The third-order valence-electron chi connectivity index (χ3n) is 4.72. The van der Waals surface area contributed by atoms with Gasteiger partial charge in [-0.2, -0.15) is 4.98 Å². The van der Waals surface area contributed by atoms with E-state index >= 15 is 0 Å². The fourth-order valence-corrected chi connectivity index (χ4v) is 3.26. The van der Waals surface area contributed by atoms with Gasteiger partial charge in [0.1, 0.15) is 5.82 Å². The average molecular weight is 339 g/mol. The zero-order valence-corrected chi connectivity index (χ0v) is 14.6. The van der Waals surface area contributed by atoms with Gasteiger partial charge in [0.15, 0.2) is 0 Å². The van der Waals surface area contributed by atoms with E-state index in [2.05, 4.69) is 20.6 Å². The summed E-state index contributed by atoms with van der Waals surface area (Å²) in [5.74, 6) is 1.49. The number of hydrogen-bond donors (Lipinski definition) is 3. The second kappa shape index (κ2) is 7.96. The monoisotopic (exact) mass is 339 g/mol. The summed E-state index contributed by atoms with van der Waals surface area (Å²) < 4.78 is 0. The van der Waals surface area contributed by atoms with E-state index in [1.165, 1.54) is 32.1 Å². The molecule has 0 atom stereocenters. The van der Waals surface area contributed by atoms with E-state index in [0.29, 0.717) is 17.3 Å². The zero-order chi connectivity index (χ0) is 17.6.